The van der Waals surface area contributed by atoms with Crippen LogP contribution in [0.4, 0.5) is 26.3 Å². The number of hydrogen-bond donors (Lipinski definition) is 2. The fraction of sp³-hybridized carbons (Fsp3) is 0.812. The zero-order chi connectivity index (χ0) is 22.3. The third-order valence-electron chi connectivity index (χ3n) is 4.24. The lowest BCUT2D eigenvalue weighted by molar-refractivity contribution is -0.192. The van der Waals surface area contributed by atoms with E-state index in [4.69, 9.17) is 14.7 Å². The van der Waals surface area contributed by atoms with E-state index in [0.29, 0.717) is 6.54 Å². The Morgan fingerprint density at radius 1 is 1.28 bits per heavy atom. The third kappa shape index (κ3) is 8.88. The summed E-state index contributed by atoms with van der Waals surface area (Å²) < 4.78 is 68.1. The van der Waals surface area contributed by atoms with Crippen LogP contribution in [0.3, 0.4) is 0 Å². The molecule has 2 rings (SSSR count). The molecule has 7 nitrogen and oxygen atoms in total. The quantitative estimate of drug-likeness (QED) is 0.648. The molecule has 0 saturated carbocycles. The third-order valence-corrected chi connectivity index (χ3v) is 4.24. The number of carboxylic acid groups (broad SMARTS) is 1. The Balaban J connectivity index is 0.000000516. The van der Waals surface area contributed by atoms with E-state index < -0.39 is 36.4 Å². The number of oxime groups is 1. The van der Waals surface area contributed by atoms with Gasteiger partial charge in [0.15, 0.2) is 5.60 Å². The number of halogens is 6. The Kier molecular flexibility index (Phi) is 8.72. The molecule has 0 bridgehead atoms. The molecule has 0 radical (unpaired) electrons. The summed E-state index contributed by atoms with van der Waals surface area (Å²) in [6.07, 6.45) is -5.32. The smallest absolute Gasteiger partial charge is 0.475 e. The number of nitrogens with one attached hydrogen (secondary N) is 1. The van der Waals surface area contributed by atoms with Crippen LogP contribution in [0, 0.1) is 0 Å². The maximum atomic E-state index is 12.1. The molecule has 29 heavy (non-hydrogen) atoms. The number of nitrogens with zero attached hydrogens (tertiary/aromatic N) is 2. The van der Waals surface area contributed by atoms with Gasteiger partial charge >= 0.3 is 18.3 Å². The fourth-order valence-corrected chi connectivity index (χ4v) is 2.91. The molecule has 1 atom stereocenters. The maximum Gasteiger partial charge on any atom is 0.490 e. The molecule has 0 aromatic carbocycles. The van der Waals surface area contributed by atoms with Crippen LogP contribution in [0.2, 0.25) is 0 Å². The summed E-state index contributed by atoms with van der Waals surface area (Å²) in [5.41, 5.74) is -0.488. The maximum absolute atomic E-state index is 12.1. The van der Waals surface area contributed by atoms with Crippen LogP contribution in [0.5, 0.6) is 0 Å². The standard InChI is InChI=1S/C14H22F3N3O2.C2HF3O2/c1-2-3-6-20-7-4-5-13(10-20)8-11(19-22-13)12(21)18-9-14(15,16)17;3-2(4,5)1(6)7/h2-10H2,1H3,(H,18,21);(H,6,7). The summed E-state index contributed by atoms with van der Waals surface area (Å²) in [5, 5.41) is 12.7. The first-order valence-electron chi connectivity index (χ1n) is 8.90. The normalized spacial score (nSPS) is 22.4. The lowest BCUT2D eigenvalue weighted by Gasteiger charge is -2.38. The minimum absolute atomic E-state index is 0.0570. The van der Waals surface area contributed by atoms with E-state index in [1.165, 1.54) is 0 Å². The fourth-order valence-electron chi connectivity index (χ4n) is 2.91. The molecule has 0 aromatic rings. The number of unbranched alkanes of at least 4 members (excludes halogenated alkanes) is 1. The molecular formula is C16H23F6N3O4. The van der Waals surface area contributed by atoms with Gasteiger partial charge < -0.3 is 15.3 Å². The van der Waals surface area contributed by atoms with Crippen LogP contribution in [0.15, 0.2) is 5.16 Å². The van der Waals surface area contributed by atoms with E-state index in [-0.39, 0.29) is 12.1 Å². The van der Waals surface area contributed by atoms with Crippen molar-refractivity contribution in [3.63, 3.8) is 0 Å². The number of carboxylic acids is 1. The Morgan fingerprint density at radius 3 is 2.41 bits per heavy atom. The van der Waals surface area contributed by atoms with Crippen LogP contribution >= 0.6 is 0 Å². The van der Waals surface area contributed by atoms with Gasteiger partial charge in [-0.3, -0.25) is 9.69 Å². The number of alkyl halides is 6. The van der Waals surface area contributed by atoms with Gasteiger partial charge in [-0.25, -0.2) is 4.79 Å². The number of hydrogen-bond acceptors (Lipinski definition) is 5. The van der Waals surface area contributed by atoms with E-state index in [2.05, 4.69) is 17.0 Å². The highest BCUT2D eigenvalue weighted by Gasteiger charge is 2.44. The van der Waals surface area contributed by atoms with Crippen molar-refractivity contribution >= 4 is 17.6 Å². The van der Waals surface area contributed by atoms with Crippen LogP contribution in [0.25, 0.3) is 0 Å². The van der Waals surface area contributed by atoms with Gasteiger partial charge in [0, 0.05) is 13.0 Å². The first kappa shape index (κ1) is 25.0. The summed E-state index contributed by atoms with van der Waals surface area (Å²) in [6, 6.07) is 0. The molecule has 2 N–H and O–H groups in total. The second-order valence-electron chi connectivity index (χ2n) is 6.82. The Bertz CT molecular complexity index is 608. The molecule has 0 aromatic heterocycles. The predicted molar refractivity (Wildman–Crippen MR) is 89.2 cm³/mol. The lowest BCUT2D eigenvalue weighted by atomic mass is 9.88. The van der Waals surface area contributed by atoms with Crippen molar-refractivity contribution in [1.82, 2.24) is 10.2 Å². The van der Waals surface area contributed by atoms with Crippen molar-refractivity contribution in [1.29, 1.82) is 0 Å². The summed E-state index contributed by atoms with van der Waals surface area (Å²) in [7, 11) is 0. The average Bonchev–Trinajstić information content (AvgIpc) is 3.00. The largest absolute Gasteiger partial charge is 0.490 e. The Labute approximate surface area is 163 Å². The molecule has 1 saturated heterocycles. The molecule has 1 spiro atoms. The minimum atomic E-state index is -5.08. The van der Waals surface area contributed by atoms with Crippen LogP contribution in [-0.2, 0) is 14.4 Å². The van der Waals surface area contributed by atoms with E-state index in [1.54, 1.807) is 0 Å². The molecule has 1 unspecified atom stereocenters. The topological polar surface area (TPSA) is 91.2 Å². The summed E-state index contributed by atoms with van der Waals surface area (Å²) in [6.45, 7) is 3.41. The van der Waals surface area contributed by atoms with Crippen molar-refractivity contribution in [2.45, 2.75) is 57.0 Å². The molecule has 13 heteroatoms. The molecular weight excluding hydrogens is 412 g/mol. The molecule has 1 amide bonds. The Morgan fingerprint density at radius 2 is 1.90 bits per heavy atom. The van der Waals surface area contributed by atoms with Gasteiger partial charge in [-0.1, -0.05) is 18.5 Å². The van der Waals surface area contributed by atoms with Crippen molar-refractivity contribution < 1.29 is 45.9 Å². The summed E-state index contributed by atoms with van der Waals surface area (Å²) >= 11 is 0. The van der Waals surface area contributed by atoms with Gasteiger partial charge in [0.05, 0.1) is 0 Å². The second kappa shape index (κ2) is 10.1. The van der Waals surface area contributed by atoms with E-state index in [9.17, 15) is 31.1 Å². The highest BCUT2D eigenvalue weighted by atomic mass is 19.4. The average molecular weight is 435 g/mol. The number of carbonyl (C=O) groups is 2. The van der Waals surface area contributed by atoms with Gasteiger partial charge in [-0.05, 0) is 32.4 Å². The highest BCUT2D eigenvalue weighted by molar-refractivity contribution is 6.39. The van der Waals surface area contributed by atoms with E-state index >= 15 is 0 Å². The first-order chi connectivity index (χ1) is 13.3. The highest BCUT2D eigenvalue weighted by Crippen LogP contribution is 2.33. The number of rotatable bonds is 5. The molecule has 2 heterocycles. The van der Waals surface area contributed by atoms with Gasteiger partial charge in [0.25, 0.3) is 5.91 Å². The van der Waals surface area contributed by atoms with Crippen LogP contribution in [-0.4, -0.2) is 71.7 Å². The van der Waals surface area contributed by atoms with Crippen molar-refractivity contribution in [3.05, 3.63) is 0 Å². The van der Waals surface area contributed by atoms with Gasteiger partial charge in [0.1, 0.15) is 12.3 Å². The van der Waals surface area contributed by atoms with E-state index in [1.807, 2.05) is 5.32 Å². The SMILES string of the molecule is CCCCN1CCCC2(CC(C(=O)NCC(F)(F)F)=NO2)C1.O=C(O)C(F)(F)F. The van der Waals surface area contributed by atoms with Crippen molar-refractivity contribution in [2.24, 2.45) is 5.16 Å². The molecule has 2 aliphatic heterocycles. The van der Waals surface area contributed by atoms with Crippen LogP contribution in [0.1, 0.15) is 39.0 Å². The van der Waals surface area contributed by atoms with Crippen molar-refractivity contribution in [2.75, 3.05) is 26.2 Å². The van der Waals surface area contributed by atoms with Crippen molar-refractivity contribution in [3.8, 4) is 0 Å². The lowest BCUT2D eigenvalue weighted by Crippen LogP contribution is -2.49. The number of carbonyl (C=O) groups excluding carboxylic acids is 1. The van der Waals surface area contributed by atoms with Gasteiger partial charge in [0.2, 0.25) is 0 Å². The number of aliphatic carboxylic acids is 1. The van der Waals surface area contributed by atoms with E-state index in [0.717, 1.165) is 38.8 Å². The summed E-state index contributed by atoms with van der Waals surface area (Å²) in [4.78, 5) is 28.4. The molecule has 0 aliphatic carbocycles. The zero-order valence-electron chi connectivity index (χ0n) is 15.7. The Hall–Kier alpha value is -2.05. The molecule has 2 aliphatic rings. The molecule has 168 valence electrons. The number of amides is 1. The molecule has 1 fully saturated rings. The first-order valence-corrected chi connectivity index (χ1v) is 8.90. The number of piperidine rings is 1. The van der Waals surface area contributed by atoms with Gasteiger partial charge in [-0.2, -0.15) is 26.3 Å². The monoisotopic (exact) mass is 435 g/mol. The summed E-state index contributed by atoms with van der Waals surface area (Å²) in [5.74, 6) is -3.55. The minimum Gasteiger partial charge on any atom is -0.475 e. The predicted octanol–water partition coefficient (Wildman–Crippen LogP) is 2.71. The zero-order valence-corrected chi connectivity index (χ0v) is 15.7. The second-order valence-corrected chi connectivity index (χ2v) is 6.82. The number of likely N-dealkylation sites (tertiary alicyclic amines) is 1. The van der Waals surface area contributed by atoms with Crippen LogP contribution < -0.4 is 5.32 Å². The van der Waals surface area contributed by atoms with Gasteiger partial charge in [-0.15, -0.1) is 0 Å².